The van der Waals surface area contributed by atoms with E-state index in [2.05, 4.69) is 4.98 Å². The lowest BCUT2D eigenvalue weighted by molar-refractivity contribution is 0.0701. The molecule has 0 aliphatic rings. The quantitative estimate of drug-likeness (QED) is 0.542. The third-order valence-corrected chi connectivity index (χ3v) is 4.03. The largest absolute Gasteiger partial charge is 0.341 e. The van der Waals surface area contributed by atoms with Crippen LogP contribution >= 0.6 is 0 Å². The lowest BCUT2D eigenvalue weighted by Crippen LogP contribution is -2.19. The van der Waals surface area contributed by atoms with Crippen molar-refractivity contribution in [3.8, 4) is 0 Å². The van der Waals surface area contributed by atoms with Crippen molar-refractivity contribution in [1.82, 2.24) is 19.9 Å². The van der Waals surface area contributed by atoms with Gasteiger partial charge in [-0.3, -0.25) is 10.0 Å². The maximum absolute atomic E-state index is 14.0. The Kier molecular flexibility index (Phi) is 4.97. The van der Waals surface area contributed by atoms with Gasteiger partial charge in [0, 0.05) is 29.8 Å². The second kappa shape index (κ2) is 7.19. The lowest BCUT2D eigenvalue weighted by atomic mass is 10.1. The van der Waals surface area contributed by atoms with Crippen LogP contribution in [0.3, 0.4) is 0 Å². The Morgan fingerprint density at radius 1 is 1.27 bits per heavy atom. The molecule has 0 bridgehead atoms. The molecular weight excluding hydrogens is 342 g/mol. The predicted molar refractivity (Wildman–Crippen MR) is 91.8 cm³/mol. The smallest absolute Gasteiger partial charge is 0.293 e. The van der Waals surface area contributed by atoms with Crippen molar-refractivity contribution in [2.24, 2.45) is 0 Å². The molecular formula is C18H18F2N4O2. The van der Waals surface area contributed by atoms with Crippen molar-refractivity contribution in [3.05, 3.63) is 65.1 Å². The first-order valence-corrected chi connectivity index (χ1v) is 7.90. The number of hydrogen-bond donors (Lipinski definition) is 2. The van der Waals surface area contributed by atoms with E-state index in [0.29, 0.717) is 17.6 Å². The molecule has 136 valence electrons. The Labute approximate surface area is 148 Å². The zero-order valence-electron chi connectivity index (χ0n) is 14.3. The molecule has 2 N–H and O–H groups in total. The Bertz CT molecular complexity index is 969. The van der Waals surface area contributed by atoms with Crippen LogP contribution in [0.1, 0.15) is 21.6 Å². The summed E-state index contributed by atoms with van der Waals surface area (Å²) >= 11 is 0. The maximum Gasteiger partial charge on any atom is 0.293 e. The highest BCUT2D eigenvalue weighted by Crippen LogP contribution is 2.24. The summed E-state index contributed by atoms with van der Waals surface area (Å²) in [5.41, 5.74) is 3.61. The molecule has 0 atom stereocenters. The van der Waals surface area contributed by atoms with E-state index in [-0.39, 0.29) is 12.2 Å². The van der Waals surface area contributed by atoms with E-state index in [1.165, 1.54) is 18.3 Å². The van der Waals surface area contributed by atoms with Crippen molar-refractivity contribution < 1.29 is 18.8 Å². The maximum atomic E-state index is 14.0. The van der Waals surface area contributed by atoms with Gasteiger partial charge < -0.3 is 9.47 Å². The molecule has 2 aromatic heterocycles. The fourth-order valence-corrected chi connectivity index (χ4v) is 2.87. The Morgan fingerprint density at radius 3 is 2.69 bits per heavy atom. The molecule has 1 aromatic carbocycles. The van der Waals surface area contributed by atoms with E-state index in [9.17, 15) is 13.6 Å². The van der Waals surface area contributed by atoms with Crippen molar-refractivity contribution in [2.45, 2.75) is 13.1 Å². The van der Waals surface area contributed by atoms with Crippen LogP contribution in [0.4, 0.5) is 8.78 Å². The molecule has 0 spiro atoms. The number of benzene rings is 1. The Balaban J connectivity index is 2.08. The van der Waals surface area contributed by atoms with Crippen LogP contribution in [0, 0.1) is 11.6 Å². The van der Waals surface area contributed by atoms with E-state index in [0.717, 1.165) is 17.0 Å². The topological polar surface area (TPSA) is 70.4 Å². The van der Waals surface area contributed by atoms with Crippen LogP contribution in [0.5, 0.6) is 0 Å². The summed E-state index contributed by atoms with van der Waals surface area (Å²) in [7, 11) is 3.82. The Hall–Kier alpha value is -2.84. The molecule has 0 unspecified atom stereocenters. The fourth-order valence-electron chi connectivity index (χ4n) is 2.87. The van der Waals surface area contributed by atoms with Gasteiger partial charge in [-0.25, -0.2) is 19.2 Å². The van der Waals surface area contributed by atoms with E-state index in [4.69, 9.17) is 5.21 Å². The van der Waals surface area contributed by atoms with Gasteiger partial charge in [-0.05, 0) is 31.8 Å². The van der Waals surface area contributed by atoms with Gasteiger partial charge in [0.1, 0.15) is 17.3 Å². The first-order chi connectivity index (χ1) is 12.4. The lowest BCUT2D eigenvalue weighted by Gasteiger charge is -2.08. The number of rotatable bonds is 5. The van der Waals surface area contributed by atoms with E-state index in [1.807, 2.05) is 25.2 Å². The monoisotopic (exact) mass is 360 g/mol. The summed E-state index contributed by atoms with van der Waals surface area (Å²) < 4.78 is 28.9. The summed E-state index contributed by atoms with van der Waals surface area (Å²) in [6, 6.07) is 5.05. The molecule has 26 heavy (non-hydrogen) atoms. The van der Waals surface area contributed by atoms with Crippen molar-refractivity contribution >= 4 is 16.8 Å². The summed E-state index contributed by atoms with van der Waals surface area (Å²) in [5, 5.41) is 9.58. The summed E-state index contributed by atoms with van der Waals surface area (Å²) in [6.45, 7) is 0.795. The van der Waals surface area contributed by atoms with Crippen molar-refractivity contribution in [1.29, 1.82) is 0 Å². The highest BCUT2D eigenvalue weighted by molar-refractivity contribution is 5.96. The van der Waals surface area contributed by atoms with Crippen molar-refractivity contribution in [3.63, 3.8) is 0 Å². The number of nitrogens with zero attached hydrogens (tertiary/aromatic N) is 3. The SMILES string of the molecule is CN(C)Cc1cn(Cc2ccc(F)cc2F)c2cnc(C(=O)NO)cc12. The standard InChI is InChI=1S/C18H18F2N4O2/c1-23(2)8-12-10-24(9-11-3-4-13(19)5-15(11)20)17-7-21-16(6-14(12)17)18(25)22-26/h3-7,10,26H,8-9H2,1-2H3,(H,22,25). The number of carbonyl (C=O) groups excluding carboxylic acids is 1. The van der Waals surface area contributed by atoms with Crippen LogP contribution < -0.4 is 5.48 Å². The minimum Gasteiger partial charge on any atom is -0.341 e. The molecule has 6 nitrogen and oxygen atoms in total. The highest BCUT2D eigenvalue weighted by Gasteiger charge is 2.15. The molecule has 0 aliphatic heterocycles. The third kappa shape index (κ3) is 3.56. The summed E-state index contributed by atoms with van der Waals surface area (Å²) in [6.07, 6.45) is 3.36. The Morgan fingerprint density at radius 2 is 2.04 bits per heavy atom. The number of carbonyl (C=O) groups is 1. The molecule has 0 aliphatic carbocycles. The van der Waals surface area contributed by atoms with E-state index in [1.54, 1.807) is 16.1 Å². The van der Waals surface area contributed by atoms with E-state index < -0.39 is 17.5 Å². The van der Waals surface area contributed by atoms with Gasteiger partial charge in [0.25, 0.3) is 5.91 Å². The molecule has 3 rings (SSSR count). The molecule has 0 saturated heterocycles. The average Bonchev–Trinajstić information content (AvgIpc) is 2.93. The zero-order chi connectivity index (χ0) is 18.8. The van der Waals surface area contributed by atoms with Gasteiger partial charge in [-0.2, -0.15) is 0 Å². The average molecular weight is 360 g/mol. The van der Waals surface area contributed by atoms with Crippen LogP contribution in [0.2, 0.25) is 0 Å². The van der Waals surface area contributed by atoms with Gasteiger partial charge >= 0.3 is 0 Å². The summed E-state index contributed by atoms with van der Waals surface area (Å²) in [5.74, 6) is -1.96. The minimum atomic E-state index is -0.708. The molecule has 2 heterocycles. The van der Waals surface area contributed by atoms with Gasteiger partial charge in [0.2, 0.25) is 0 Å². The molecule has 0 fully saturated rings. The minimum absolute atomic E-state index is 0.0747. The molecule has 1 amide bonds. The second-order valence-corrected chi connectivity index (χ2v) is 6.28. The first-order valence-electron chi connectivity index (χ1n) is 7.90. The van der Waals surface area contributed by atoms with Crippen LogP contribution in [0.15, 0.2) is 36.7 Å². The second-order valence-electron chi connectivity index (χ2n) is 6.28. The highest BCUT2D eigenvalue weighted by atomic mass is 19.1. The number of hydrogen-bond acceptors (Lipinski definition) is 4. The zero-order valence-corrected chi connectivity index (χ0v) is 14.3. The normalized spacial score (nSPS) is 11.3. The number of pyridine rings is 1. The molecule has 3 aromatic rings. The van der Waals surface area contributed by atoms with Crippen molar-refractivity contribution in [2.75, 3.05) is 14.1 Å². The summed E-state index contributed by atoms with van der Waals surface area (Å²) in [4.78, 5) is 17.6. The molecule has 8 heteroatoms. The number of hydroxylamine groups is 1. The number of nitrogens with one attached hydrogen (secondary N) is 1. The van der Waals surface area contributed by atoms with E-state index >= 15 is 0 Å². The molecule has 0 radical (unpaired) electrons. The van der Waals surface area contributed by atoms with Gasteiger partial charge in [-0.15, -0.1) is 0 Å². The molecule has 0 saturated carbocycles. The first kappa shape index (κ1) is 18.0. The van der Waals surface area contributed by atoms with Crippen LogP contribution in [-0.2, 0) is 13.1 Å². The third-order valence-electron chi connectivity index (χ3n) is 4.03. The number of aromatic nitrogens is 2. The number of halogens is 2. The number of fused-ring (bicyclic) bond motifs is 1. The number of amides is 1. The van der Waals surface area contributed by atoms with Gasteiger partial charge in [0.15, 0.2) is 0 Å². The van der Waals surface area contributed by atoms with Gasteiger partial charge in [0.05, 0.1) is 18.3 Å². The van der Waals surface area contributed by atoms with Gasteiger partial charge in [-0.1, -0.05) is 6.07 Å². The fraction of sp³-hybridized carbons (Fsp3) is 0.222. The van der Waals surface area contributed by atoms with Crippen LogP contribution in [0.25, 0.3) is 10.9 Å². The van der Waals surface area contributed by atoms with Crippen LogP contribution in [-0.4, -0.2) is 39.7 Å². The predicted octanol–water partition coefficient (Wildman–Crippen LogP) is 2.54.